The Morgan fingerprint density at radius 1 is 1.30 bits per heavy atom. The molecule has 3 aliphatic heterocycles. The molecule has 0 amide bonds. The maximum Gasteiger partial charge on any atom is 0.193 e. The molecule has 0 aromatic rings. The second-order valence-corrected chi connectivity index (χ2v) is 7.00. The van der Waals surface area contributed by atoms with Crippen molar-refractivity contribution < 1.29 is 9.84 Å². The summed E-state index contributed by atoms with van der Waals surface area (Å²) in [4.78, 5) is 6.78. The molecule has 0 radical (unpaired) electrons. The number of ether oxygens (including phenoxy) is 1. The molecule has 4 fully saturated rings. The zero-order chi connectivity index (χ0) is 13.7. The van der Waals surface area contributed by atoms with Crippen LogP contribution in [0.1, 0.15) is 32.1 Å². The largest absolute Gasteiger partial charge is 0.388 e. The summed E-state index contributed by atoms with van der Waals surface area (Å²) in [5.74, 6) is 2.34. The molecule has 1 saturated carbocycles. The molecule has 112 valence electrons. The molecular weight excluding hydrogens is 254 g/mol. The Labute approximate surface area is 120 Å². The van der Waals surface area contributed by atoms with Crippen molar-refractivity contribution in [3.05, 3.63) is 0 Å². The predicted molar refractivity (Wildman–Crippen MR) is 76.6 cm³/mol. The van der Waals surface area contributed by atoms with Crippen molar-refractivity contribution in [2.24, 2.45) is 16.8 Å². The summed E-state index contributed by atoms with van der Waals surface area (Å²) in [5.41, 5.74) is -0.492. The fourth-order valence-electron chi connectivity index (χ4n) is 4.47. The lowest BCUT2D eigenvalue weighted by molar-refractivity contribution is -0.0283. The molecule has 4 unspecified atom stereocenters. The van der Waals surface area contributed by atoms with Gasteiger partial charge >= 0.3 is 0 Å². The normalized spacial score (nSPS) is 41.7. The van der Waals surface area contributed by atoms with E-state index < -0.39 is 5.60 Å². The molecule has 0 aromatic heterocycles. The third-order valence-corrected chi connectivity index (χ3v) is 5.82. The smallest absolute Gasteiger partial charge is 0.193 e. The molecule has 4 aliphatic rings. The van der Waals surface area contributed by atoms with Gasteiger partial charge < -0.3 is 20.1 Å². The van der Waals surface area contributed by atoms with Crippen LogP contribution in [-0.4, -0.2) is 60.5 Å². The first-order valence-corrected chi connectivity index (χ1v) is 8.02. The van der Waals surface area contributed by atoms with Gasteiger partial charge in [0.2, 0.25) is 0 Å². The van der Waals surface area contributed by atoms with Crippen LogP contribution in [0.15, 0.2) is 4.99 Å². The second kappa shape index (κ2) is 4.60. The van der Waals surface area contributed by atoms with Crippen molar-refractivity contribution in [1.82, 2.24) is 10.2 Å². The van der Waals surface area contributed by atoms with Crippen LogP contribution >= 0.6 is 0 Å². The maximum absolute atomic E-state index is 10.2. The standard InChI is InChI=1S/C15H25N3O2/c1-16-14(17-9-15(19)5-2-6-15)18-7-10-11(8-18)13-4-3-12(10)20-13/h10-13,19H,2-9H2,1H3,(H,16,17). The number of nitrogens with zero attached hydrogens (tertiary/aromatic N) is 2. The lowest BCUT2D eigenvalue weighted by atomic mass is 9.80. The molecule has 3 heterocycles. The quantitative estimate of drug-likeness (QED) is 0.574. The van der Waals surface area contributed by atoms with Gasteiger partial charge in [0.25, 0.3) is 0 Å². The van der Waals surface area contributed by atoms with Crippen molar-refractivity contribution in [1.29, 1.82) is 0 Å². The van der Waals surface area contributed by atoms with Gasteiger partial charge in [-0.1, -0.05) is 0 Å². The minimum absolute atomic E-state index is 0.490. The van der Waals surface area contributed by atoms with Gasteiger partial charge in [-0.25, -0.2) is 0 Å². The van der Waals surface area contributed by atoms with Gasteiger partial charge in [-0.05, 0) is 32.1 Å². The Kier molecular flexibility index (Phi) is 2.96. The molecule has 4 rings (SSSR count). The number of aliphatic hydroxyl groups is 1. The van der Waals surface area contributed by atoms with E-state index in [1.54, 1.807) is 0 Å². The van der Waals surface area contributed by atoms with E-state index in [4.69, 9.17) is 4.74 Å². The van der Waals surface area contributed by atoms with Crippen LogP contribution in [0.2, 0.25) is 0 Å². The van der Waals surface area contributed by atoms with Crippen LogP contribution in [0.25, 0.3) is 0 Å². The number of nitrogens with one attached hydrogen (secondary N) is 1. The van der Waals surface area contributed by atoms with Crippen molar-refractivity contribution in [2.75, 3.05) is 26.7 Å². The highest BCUT2D eigenvalue weighted by Crippen LogP contribution is 2.47. The molecule has 5 nitrogen and oxygen atoms in total. The lowest BCUT2D eigenvalue weighted by Gasteiger charge is -2.37. The maximum atomic E-state index is 10.2. The van der Waals surface area contributed by atoms with Gasteiger partial charge in [0, 0.05) is 38.5 Å². The summed E-state index contributed by atoms with van der Waals surface area (Å²) in [7, 11) is 1.84. The van der Waals surface area contributed by atoms with Crippen molar-refractivity contribution in [3.8, 4) is 0 Å². The molecule has 0 aromatic carbocycles. The molecule has 5 heteroatoms. The fraction of sp³-hybridized carbons (Fsp3) is 0.933. The highest BCUT2D eigenvalue weighted by Gasteiger charge is 2.53. The number of hydrogen-bond donors (Lipinski definition) is 2. The topological polar surface area (TPSA) is 57.1 Å². The first-order valence-electron chi connectivity index (χ1n) is 8.02. The Morgan fingerprint density at radius 3 is 2.45 bits per heavy atom. The Balaban J connectivity index is 1.37. The van der Waals surface area contributed by atoms with E-state index in [1.165, 1.54) is 12.8 Å². The van der Waals surface area contributed by atoms with Gasteiger partial charge in [-0.3, -0.25) is 4.99 Å². The molecule has 4 atom stereocenters. The molecule has 0 spiro atoms. The first kappa shape index (κ1) is 12.9. The lowest BCUT2D eigenvalue weighted by Crippen LogP contribution is -2.51. The zero-order valence-electron chi connectivity index (χ0n) is 12.2. The zero-order valence-corrected chi connectivity index (χ0v) is 12.2. The number of likely N-dealkylation sites (tertiary alicyclic amines) is 1. The summed E-state index contributed by atoms with van der Waals surface area (Å²) in [5, 5.41) is 13.6. The third kappa shape index (κ3) is 1.94. The van der Waals surface area contributed by atoms with E-state index >= 15 is 0 Å². The SMILES string of the molecule is CN=C(NCC1(O)CCC1)N1CC2C3CCC(O3)C2C1. The molecule has 2 N–H and O–H groups in total. The van der Waals surface area contributed by atoms with E-state index in [9.17, 15) is 5.11 Å². The molecular formula is C15H25N3O2. The molecule has 20 heavy (non-hydrogen) atoms. The summed E-state index contributed by atoms with van der Waals surface area (Å²) < 4.78 is 6.01. The fourth-order valence-corrected chi connectivity index (χ4v) is 4.47. The Bertz CT molecular complexity index is 403. The van der Waals surface area contributed by atoms with Crippen molar-refractivity contribution >= 4 is 5.96 Å². The minimum Gasteiger partial charge on any atom is -0.388 e. The summed E-state index contributed by atoms with van der Waals surface area (Å²) in [6, 6.07) is 0. The number of fused-ring (bicyclic) bond motifs is 5. The van der Waals surface area contributed by atoms with Gasteiger partial charge in [-0.15, -0.1) is 0 Å². The predicted octanol–water partition coefficient (Wildman–Crippen LogP) is 0.586. The second-order valence-electron chi connectivity index (χ2n) is 7.00. The summed E-state index contributed by atoms with van der Waals surface area (Å²) in [6.07, 6.45) is 6.44. The van der Waals surface area contributed by atoms with Gasteiger partial charge in [0.1, 0.15) is 0 Å². The monoisotopic (exact) mass is 279 g/mol. The van der Waals surface area contributed by atoms with Crippen LogP contribution in [0.5, 0.6) is 0 Å². The van der Waals surface area contributed by atoms with Crippen molar-refractivity contribution in [3.63, 3.8) is 0 Å². The van der Waals surface area contributed by atoms with Gasteiger partial charge in [0.05, 0.1) is 17.8 Å². The number of guanidine groups is 1. The minimum atomic E-state index is -0.492. The van der Waals surface area contributed by atoms with E-state index in [1.807, 2.05) is 7.05 Å². The highest BCUT2D eigenvalue weighted by molar-refractivity contribution is 5.80. The summed E-state index contributed by atoms with van der Waals surface area (Å²) in [6.45, 7) is 2.75. The van der Waals surface area contributed by atoms with Crippen LogP contribution in [0.3, 0.4) is 0 Å². The van der Waals surface area contributed by atoms with Crippen LogP contribution in [-0.2, 0) is 4.74 Å². The van der Waals surface area contributed by atoms with Crippen molar-refractivity contribution in [2.45, 2.75) is 49.9 Å². The molecule has 2 bridgehead atoms. The number of rotatable bonds is 2. The van der Waals surface area contributed by atoms with Crippen LogP contribution < -0.4 is 5.32 Å². The van der Waals surface area contributed by atoms with E-state index in [0.29, 0.717) is 30.6 Å². The molecule has 1 aliphatic carbocycles. The van der Waals surface area contributed by atoms with Crippen LogP contribution in [0.4, 0.5) is 0 Å². The summed E-state index contributed by atoms with van der Waals surface area (Å²) >= 11 is 0. The Hall–Kier alpha value is -0.810. The average molecular weight is 279 g/mol. The first-order chi connectivity index (χ1) is 9.68. The van der Waals surface area contributed by atoms with E-state index in [0.717, 1.165) is 38.3 Å². The Morgan fingerprint density at radius 2 is 1.95 bits per heavy atom. The van der Waals surface area contributed by atoms with E-state index in [-0.39, 0.29) is 0 Å². The highest BCUT2D eigenvalue weighted by atomic mass is 16.5. The molecule has 3 saturated heterocycles. The van der Waals surface area contributed by atoms with E-state index in [2.05, 4.69) is 15.2 Å². The van der Waals surface area contributed by atoms with Gasteiger partial charge in [-0.2, -0.15) is 0 Å². The number of hydrogen-bond acceptors (Lipinski definition) is 3. The third-order valence-electron chi connectivity index (χ3n) is 5.82. The van der Waals surface area contributed by atoms with Gasteiger partial charge in [0.15, 0.2) is 5.96 Å². The average Bonchev–Trinajstić information content (AvgIpc) is 3.09. The van der Waals surface area contributed by atoms with Crippen LogP contribution in [0, 0.1) is 11.8 Å². The number of aliphatic imine (C=N–C) groups is 1.